The van der Waals surface area contributed by atoms with Crippen molar-refractivity contribution in [1.29, 1.82) is 0 Å². The maximum Gasteiger partial charge on any atom is 0.0772 e. The first-order chi connectivity index (χ1) is 9.71. The monoisotopic (exact) mass is 294 g/mol. The van der Waals surface area contributed by atoms with Gasteiger partial charge < -0.3 is 15.4 Å². The average molecular weight is 294 g/mol. The Balaban J connectivity index is 2.25. The van der Waals surface area contributed by atoms with Crippen LogP contribution in [0.15, 0.2) is 23.1 Å². The molecular formula is C16H26N2OS. The van der Waals surface area contributed by atoms with Crippen LogP contribution >= 0.6 is 11.8 Å². The molecule has 1 fully saturated rings. The van der Waals surface area contributed by atoms with E-state index in [9.17, 15) is 0 Å². The van der Waals surface area contributed by atoms with Crippen LogP contribution in [0.25, 0.3) is 0 Å². The zero-order valence-electron chi connectivity index (χ0n) is 12.8. The quantitative estimate of drug-likeness (QED) is 0.847. The Morgan fingerprint density at radius 3 is 2.90 bits per heavy atom. The minimum absolute atomic E-state index is 0.317. The molecule has 2 N–H and O–H groups in total. The molecule has 2 atom stereocenters. The Labute approximate surface area is 126 Å². The van der Waals surface area contributed by atoms with Crippen molar-refractivity contribution in [2.24, 2.45) is 11.7 Å². The number of hydrogen-bond acceptors (Lipinski definition) is 4. The number of ether oxygens (including phenoxy) is 1. The lowest BCUT2D eigenvalue weighted by Gasteiger charge is -2.38. The SMILES string of the molecule is CCSc1cccc(N2CCC(C)C(OC)C2)c1CN. The summed E-state index contributed by atoms with van der Waals surface area (Å²) in [5.41, 5.74) is 8.58. The first-order valence-electron chi connectivity index (χ1n) is 7.43. The second kappa shape index (κ2) is 7.34. The molecule has 1 aliphatic heterocycles. The van der Waals surface area contributed by atoms with Crippen molar-refractivity contribution in [3.8, 4) is 0 Å². The van der Waals surface area contributed by atoms with Crippen molar-refractivity contribution >= 4 is 17.4 Å². The average Bonchev–Trinajstić information content (AvgIpc) is 2.48. The van der Waals surface area contributed by atoms with Gasteiger partial charge in [0, 0.05) is 42.9 Å². The Hall–Kier alpha value is -0.710. The molecule has 112 valence electrons. The van der Waals surface area contributed by atoms with Crippen LogP contribution in [-0.4, -0.2) is 32.1 Å². The number of anilines is 1. The van der Waals surface area contributed by atoms with Crippen LogP contribution in [0, 0.1) is 5.92 Å². The fourth-order valence-corrected chi connectivity index (χ4v) is 3.75. The number of methoxy groups -OCH3 is 1. The van der Waals surface area contributed by atoms with Crippen LogP contribution in [0.1, 0.15) is 25.8 Å². The van der Waals surface area contributed by atoms with Gasteiger partial charge in [-0.2, -0.15) is 0 Å². The van der Waals surface area contributed by atoms with Gasteiger partial charge in [-0.3, -0.25) is 0 Å². The van der Waals surface area contributed by atoms with Crippen LogP contribution in [0.2, 0.25) is 0 Å². The van der Waals surface area contributed by atoms with Gasteiger partial charge in [-0.05, 0) is 30.2 Å². The van der Waals surface area contributed by atoms with Crippen molar-refractivity contribution in [3.05, 3.63) is 23.8 Å². The third-order valence-electron chi connectivity index (χ3n) is 4.15. The van der Waals surface area contributed by atoms with Gasteiger partial charge in [0.25, 0.3) is 0 Å². The van der Waals surface area contributed by atoms with Crippen LogP contribution in [0.4, 0.5) is 5.69 Å². The van der Waals surface area contributed by atoms with Crippen molar-refractivity contribution in [3.63, 3.8) is 0 Å². The Morgan fingerprint density at radius 1 is 1.45 bits per heavy atom. The number of hydrogen-bond donors (Lipinski definition) is 1. The molecule has 1 aromatic carbocycles. The predicted molar refractivity (Wildman–Crippen MR) is 87.5 cm³/mol. The van der Waals surface area contributed by atoms with Gasteiger partial charge in [-0.15, -0.1) is 11.8 Å². The van der Waals surface area contributed by atoms with Crippen molar-refractivity contribution in [2.45, 2.75) is 37.8 Å². The molecule has 0 aliphatic carbocycles. The van der Waals surface area contributed by atoms with Gasteiger partial charge >= 0.3 is 0 Å². The third kappa shape index (κ3) is 3.30. The molecule has 0 bridgehead atoms. The summed E-state index contributed by atoms with van der Waals surface area (Å²) in [6.45, 7) is 7.11. The van der Waals surface area contributed by atoms with E-state index in [0.717, 1.165) is 18.8 Å². The molecule has 3 nitrogen and oxygen atoms in total. The van der Waals surface area contributed by atoms with E-state index in [1.165, 1.54) is 22.6 Å². The van der Waals surface area contributed by atoms with E-state index in [2.05, 4.69) is 36.9 Å². The van der Waals surface area contributed by atoms with Crippen molar-refractivity contribution in [1.82, 2.24) is 0 Å². The topological polar surface area (TPSA) is 38.5 Å². The summed E-state index contributed by atoms with van der Waals surface area (Å²) >= 11 is 1.87. The van der Waals surface area contributed by atoms with E-state index in [0.29, 0.717) is 18.6 Å². The fraction of sp³-hybridized carbons (Fsp3) is 0.625. The summed E-state index contributed by atoms with van der Waals surface area (Å²) in [6.07, 6.45) is 1.49. The van der Waals surface area contributed by atoms with Gasteiger partial charge in [-0.1, -0.05) is 19.9 Å². The summed E-state index contributed by atoms with van der Waals surface area (Å²) in [4.78, 5) is 3.76. The molecule has 4 heteroatoms. The maximum atomic E-state index is 6.01. The molecule has 20 heavy (non-hydrogen) atoms. The van der Waals surface area contributed by atoms with Gasteiger partial charge in [0.2, 0.25) is 0 Å². The highest BCUT2D eigenvalue weighted by molar-refractivity contribution is 7.99. The molecule has 1 saturated heterocycles. The fourth-order valence-electron chi connectivity index (χ4n) is 2.91. The summed E-state index contributed by atoms with van der Waals surface area (Å²) in [7, 11) is 1.82. The largest absolute Gasteiger partial charge is 0.379 e. The first-order valence-corrected chi connectivity index (χ1v) is 8.42. The van der Waals surface area contributed by atoms with E-state index in [4.69, 9.17) is 10.5 Å². The first kappa shape index (κ1) is 15.7. The molecule has 1 aromatic rings. The standard InChI is InChI=1S/C16H26N2OS/c1-4-20-16-7-5-6-14(13(16)10-17)18-9-8-12(2)15(11-18)19-3/h5-7,12,15H,4,8-11,17H2,1-3H3. The lowest BCUT2D eigenvalue weighted by atomic mass is 9.95. The van der Waals surface area contributed by atoms with Gasteiger partial charge in [-0.25, -0.2) is 0 Å². The minimum atomic E-state index is 0.317. The highest BCUT2D eigenvalue weighted by Crippen LogP contribution is 2.33. The molecule has 2 unspecified atom stereocenters. The van der Waals surface area contributed by atoms with Crippen LogP contribution in [-0.2, 0) is 11.3 Å². The summed E-state index contributed by atoms with van der Waals surface area (Å²) in [5, 5.41) is 0. The van der Waals surface area contributed by atoms with E-state index in [1.807, 2.05) is 18.9 Å². The number of rotatable bonds is 5. The molecule has 0 saturated carbocycles. The van der Waals surface area contributed by atoms with Crippen molar-refractivity contribution < 1.29 is 4.74 Å². The number of nitrogens with zero attached hydrogens (tertiary/aromatic N) is 1. The second-order valence-electron chi connectivity index (χ2n) is 5.38. The zero-order chi connectivity index (χ0) is 14.5. The highest BCUT2D eigenvalue weighted by Gasteiger charge is 2.27. The van der Waals surface area contributed by atoms with E-state index in [-0.39, 0.29) is 0 Å². The molecule has 0 aromatic heterocycles. The Kier molecular flexibility index (Phi) is 5.75. The molecule has 2 rings (SSSR count). The van der Waals surface area contributed by atoms with E-state index in [1.54, 1.807) is 0 Å². The molecule has 0 amide bonds. The van der Waals surface area contributed by atoms with Crippen LogP contribution < -0.4 is 10.6 Å². The smallest absolute Gasteiger partial charge is 0.0772 e. The van der Waals surface area contributed by atoms with Gasteiger partial charge in [0.05, 0.1) is 6.10 Å². The summed E-state index contributed by atoms with van der Waals surface area (Å²) in [5.74, 6) is 1.71. The lowest BCUT2D eigenvalue weighted by molar-refractivity contribution is 0.0498. The third-order valence-corrected chi connectivity index (χ3v) is 5.13. The Bertz CT molecular complexity index is 438. The van der Waals surface area contributed by atoms with Crippen LogP contribution in [0.3, 0.4) is 0 Å². The molecule has 1 heterocycles. The van der Waals surface area contributed by atoms with Gasteiger partial charge in [0.1, 0.15) is 0 Å². The molecule has 0 radical (unpaired) electrons. The number of nitrogens with two attached hydrogens (primary N) is 1. The molecule has 1 aliphatic rings. The minimum Gasteiger partial charge on any atom is -0.379 e. The summed E-state index contributed by atoms with van der Waals surface area (Å²) in [6, 6.07) is 6.52. The molecular weight excluding hydrogens is 268 g/mol. The predicted octanol–water partition coefficient (Wildman–Crippen LogP) is 3.12. The molecule has 0 spiro atoms. The van der Waals surface area contributed by atoms with E-state index < -0.39 is 0 Å². The zero-order valence-corrected chi connectivity index (χ0v) is 13.6. The number of thioether (sulfide) groups is 1. The normalized spacial score (nSPS) is 23.1. The van der Waals surface area contributed by atoms with Crippen molar-refractivity contribution in [2.75, 3.05) is 30.9 Å². The summed E-state index contributed by atoms with van der Waals surface area (Å²) < 4.78 is 5.63. The van der Waals surface area contributed by atoms with E-state index >= 15 is 0 Å². The van der Waals surface area contributed by atoms with Crippen LogP contribution in [0.5, 0.6) is 0 Å². The second-order valence-corrected chi connectivity index (χ2v) is 6.68. The van der Waals surface area contributed by atoms with Gasteiger partial charge in [0.15, 0.2) is 0 Å². The Morgan fingerprint density at radius 2 is 2.25 bits per heavy atom. The number of piperidine rings is 1. The highest BCUT2D eigenvalue weighted by atomic mass is 32.2. The lowest BCUT2D eigenvalue weighted by Crippen LogP contribution is -2.44. The maximum absolute atomic E-state index is 6.01. The number of benzene rings is 1.